The molecular formula is C14H28N2. The fourth-order valence-corrected chi connectivity index (χ4v) is 1.78. The Labute approximate surface area is 101 Å². The molecule has 0 aromatic heterocycles. The van der Waals surface area contributed by atoms with E-state index in [0.29, 0.717) is 0 Å². The van der Waals surface area contributed by atoms with Crippen LogP contribution in [0.1, 0.15) is 33.6 Å². The quantitative estimate of drug-likeness (QED) is 0.722. The first-order valence-electron chi connectivity index (χ1n) is 6.60. The molecule has 94 valence electrons. The van der Waals surface area contributed by atoms with Gasteiger partial charge in [-0.1, -0.05) is 45.1 Å². The third-order valence-electron chi connectivity index (χ3n) is 2.77. The summed E-state index contributed by atoms with van der Waals surface area (Å²) in [5.41, 5.74) is 1.51. The molecule has 0 aliphatic carbocycles. The van der Waals surface area contributed by atoms with Crippen molar-refractivity contribution in [2.75, 3.05) is 32.7 Å². The highest BCUT2D eigenvalue weighted by Gasteiger charge is 2.08. The molecule has 1 N–H and O–H groups in total. The van der Waals surface area contributed by atoms with Crippen molar-refractivity contribution in [1.29, 1.82) is 0 Å². The van der Waals surface area contributed by atoms with Gasteiger partial charge in [0.15, 0.2) is 0 Å². The van der Waals surface area contributed by atoms with E-state index in [2.05, 4.69) is 29.8 Å². The average Bonchev–Trinajstić information content (AvgIpc) is 2.38. The molecule has 1 heterocycles. The smallest absolute Gasteiger partial charge is 0.0107 e. The third kappa shape index (κ3) is 6.81. The molecule has 0 aromatic rings. The van der Waals surface area contributed by atoms with E-state index >= 15 is 0 Å². The van der Waals surface area contributed by atoms with Crippen molar-refractivity contribution in [3.05, 3.63) is 24.3 Å². The summed E-state index contributed by atoms with van der Waals surface area (Å²) < 4.78 is 0. The Bertz CT molecular complexity index is 191. The molecule has 0 bridgehead atoms. The maximum atomic E-state index is 3.74. The molecule has 0 aromatic carbocycles. The Hall–Kier alpha value is -0.600. The second-order valence-electron chi connectivity index (χ2n) is 3.76. The van der Waals surface area contributed by atoms with Gasteiger partial charge in [-0.25, -0.2) is 0 Å². The lowest BCUT2D eigenvalue weighted by atomic mass is 10.1. The summed E-state index contributed by atoms with van der Waals surface area (Å²) in [5, 5.41) is 3.37. The standard InChI is InChI=1S/C12H22N2.C2H6/c1-3-5-12(4-2)6-9-14-10-7-13-8-11-14;1-2/h3,5,13H,1,4,6-11H2,2H3;1-2H3/b12-5+;. The van der Waals surface area contributed by atoms with E-state index in [9.17, 15) is 0 Å². The van der Waals surface area contributed by atoms with E-state index in [1.807, 2.05) is 19.9 Å². The monoisotopic (exact) mass is 224 g/mol. The Balaban J connectivity index is 0.00000106. The van der Waals surface area contributed by atoms with Crippen LogP contribution >= 0.6 is 0 Å². The van der Waals surface area contributed by atoms with Gasteiger partial charge in [0, 0.05) is 32.7 Å². The number of nitrogens with zero attached hydrogens (tertiary/aromatic N) is 1. The van der Waals surface area contributed by atoms with E-state index in [1.165, 1.54) is 31.6 Å². The van der Waals surface area contributed by atoms with Crippen LogP contribution in [0.5, 0.6) is 0 Å². The summed E-state index contributed by atoms with van der Waals surface area (Å²) in [6.45, 7) is 15.9. The van der Waals surface area contributed by atoms with Crippen LogP contribution in [0.4, 0.5) is 0 Å². The van der Waals surface area contributed by atoms with E-state index in [4.69, 9.17) is 0 Å². The number of piperazine rings is 1. The van der Waals surface area contributed by atoms with Gasteiger partial charge in [-0.15, -0.1) is 0 Å². The number of allylic oxidation sites excluding steroid dienone is 2. The Morgan fingerprint density at radius 2 is 1.94 bits per heavy atom. The van der Waals surface area contributed by atoms with Crippen LogP contribution < -0.4 is 5.32 Å². The highest BCUT2D eigenvalue weighted by atomic mass is 15.2. The molecule has 1 saturated heterocycles. The molecule has 0 saturated carbocycles. The highest BCUT2D eigenvalue weighted by Crippen LogP contribution is 2.08. The maximum Gasteiger partial charge on any atom is 0.0107 e. The number of rotatable bonds is 5. The van der Waals surface area contributed by atoms with Crippen LogP contribution in [0.2, 0.25) is 0 Å². The maximum absolute atomic E-state index is 3.74. The predicted molar refractivity (Wildman–Crippen MR) is 73.8 cm³/mol. The van der Waals surface area contributed by atoms with E-state index in [1.54, 1.807) is 0 Å². The van der Waals surface area contributed by atoms with Crippen LogP contribution in [0.15, 0.2) is 24.3 Å². The zero-order valence-electron chi connectivity index (χ0n) is 11.3. The first kappa shape index (κ1) is 15.4. The molecule has 1 rings (SSSR count). The van der Waals surface area contributed by atoms with Gasteiger partial charge in [-0.05, 0) is 12.8 Å². The second-order valence-corrected chi connectivity index (χ2v) is 3.76. The molecule has 1 fully saturated rings. The molecule has 0 amide bonds. The van der Waals surface area contributed by atoms with Gasteiger partial charge >= 0.3 is 0 Å². The van der Waals surface area contributed by atoms with Gasteiger partial charge in [0.05, 0.1) is 0 Å². The molecule has 0 spiro atoms. The lowest BCUT2D eigenvalue weighted by Crippen LogP contribution is -2.43. The average molecular weight is 224 g/mol. The van der Waals surface area contributed by atoms with Crippen LogP contribution in [0.3, 0.4) is 0 Å². The zero-order valence-corrected chi connectivity index (χ0v) is 11.3. The molecular weight excluding hydrogens is 196 g/mol. The van der Waals surface area contributed by atoms with Crippen molar-refractivity contribution in [3.8, 4) is 0 Å². The summed E-state index contributed by atoms with van der Waals surface area (Å²) >= 11 is 0. The van der Waals surface area contributed by atoms with Gasteiger partial charge in [0.1, 0.15) is 0 Å². The van der Waals surface area contributed by atoms with Crippen LogP contribution in [0, 0.1) is 0 Å². The molecule has 0 atom stereocenters. The van der Waals surface area contributed by atoms with Gasteiger partial charge in [0.25, 0.3) is 0 Å². The molecule has 0 radical (unpaired) electrons. The first-order chi connectivity index (χ1) is 7.86. The van der Waals surface area contributed by atoms with Crippen molar-refractivity contribution in [3.63, 3.8) is 0 Å². The van der Waals surface area contributed by atoms with E-state index in [-0.39, 0.29) is 0 Å². The van der Waals surface area contributed by atoms with Gasteiger partial charge < -0.3 is 10.2 Å². The number of nitrogens with one attached hydrogen (secondary N) is 1. The number of hydrogen-bond donors (Lipinski definition) is 1. The highest BCUT2D eigenvalue weighted by molar-refractivity contribution is 5.10. The minimum atomic E-state index is 1.15. The fraction of sp³-hybridized carbons (Fsp3) is 0.714. The van der Waals surface area contributed by atoms with Crippen molar-refractivity contribution in [2.24, 2.45) is 0 Å². The zero-order chi connectivity index (χ0) is 12.2. The molecule has 1 aliphatic rings. The number of hydrogen-bond acceptors (Lipinski definition) is 2. The molecule has 1 aliphatic heterocycles. The summed E-state index contributed by atoms with van der Waals surface area (Å²) in [6.07, 6.45) is 6.40. The van der Waals surface area contributed by atoms with E-state index < -0.39 is 0 Å². The molecule has 16 heavy (non-hydrogen) atoms. The summed E-state index contributed by atoms with van der Waals surface area (Å²) in [4.78, 5) is 2.53. The minimum absolute atomic E-state index is 1.15. The lowest BCUT2D eigenvalue weighted by molar-refractivity contribution is 0.243. The van der Waals surface area contributed by atoms with Gasteiger partial charge in [-0.3, -0.25) is 0 Å². The Morgan fingerprint density at radius 1 is 1.31 bits per heavy atom. The molecule has 0 unspecified atom stereocenters. The Kier molecular flexibility index (Phi) is 10.5. The molecule has 2 heteroatoms. The molecule has 2 nitrogen and oxygen atoms in total. The third-order valence-corrected chi connectivity index (χ3v) is 2.77. The largest absolute Gasteiger partial charge is 0.314 e. The van der Waals surface area contributed by atoms with Gasteiger partial charge in [0.2, 0.25) is 0 Å². The normalized spacial score (nSPS) is 17.6. The minimum Gasteiger partial charge on any atom is -0.314 e. The topological polar surface area (TPSA) is 15.3 Å². The fourth-order valence-electron chi connectivity index (χ4n) is 1.78. The lowest BCUT2D eigenvalue weighted by Gasteiger charge is -2.27. The van der Waals surface area contributed by atoms with Gasteiger partial charge in [-0.2, -0.15) is 0 Å². The predicted octanol–water partition coefficient (Wildman–Crippen LogP) is 2.83. The second kappa shape index (κ2) is 10.9. The summed E-state index contributed by atoms with van der Waals surface area (Å²) in [6, 6.07) is 0. The summed E-state index contributed by atoms with van der Waals surface area (Å²) in [5.74, 6) is 0. The van der Waals surface area contributed by atoms with E-state index in [0.717, 1.165) is 19.5 Å². The van der Waals surface area contributed by atoms with Crippen LogP contribution in [-0.4, -0.2) is 37.6 Å². The first-order valence-corrected chi connectivity index (χ1v) is 6.60. The van der Waals surface area contributed by atoms with Crippen LogP contribution in [0.25, 0.3) is 0 Å². The SMILES string of the molecule is C=C/C=C(\CC)CCN1CCNCC1.CC. The van der Waals surface area contributed by atoms with Crippen LogP contribution in [-0.2, 0) is 0 Å². The van der Waals surface area contributed by atoms with Crippen molar-refractivity contribution >= 4 is 0 Å². The van der Waals surface area contributed by atoms with Crippen molar-refractivity contribution < 1.29 is 0 Å². The van der Waals surface area contributed by atoms with Crippen molar-refractivity contribution in [2.45, 2.75) is 33.6 Å². The Morgan fingerprint density at radius 3 is 2.44 bits per heavy atom. The summed E-state index contributed by atoms with van der Waals surface area (Å²) in [7, 11) is 0. The van der Waals surface area contributed by atoms with Crippen molar-refractivity contribution in [1.82, 2.24) is 10.2 Å².